The molecule has 0 spiro atoms. The molecule has 5 heteroatoms. The zero-order valence-electron chi connectivity index (χ0n) is 13.3. The van der Waals surface area contributed by atoms with Crippen molar-refractivity contribution in [3.8, 4) is 0 Å². The summed E-state index contributed by atoms with van der Waals surface area (Å²) in [5.41, 5.74) is 3.59. The fourth-order valence-corrected chi connectivity index (χ4v) is 3.80. The summed E-state index contributed by atoms with van der Waals surface area (Å²) in [6, 6.07) is 6.50. The van der Waals surface area contributed by atoms with Gasteiger partial charge in [-0.05, 0) is 60.9 Å². The molecule has 22 heavy (non-hydrogen) atoms. The molecule has 0 radical (unpaired) electrons. The van der Waals surface area contributed by atoms with Crippen LogP contribution in [0.4, 0.5) is 5.69 Å². The number of anilines is 1. The molecular formula is C17H21N3OS. The number of aliphatic imine (C=N–C) groups is 1. The highest BCUT2D eigenvalue weighted by Crippen LogP contribution is 2.32. The standard InChI is InChI=1S/C17H21N3OS/c1-12-10-14(20-8-4-5-9-20)7-6-13(12)11-15-16(21)19(3)17(18-2)22-15/h6-7,10-11H,4-5,8-9H2,1-3H3/b15-11-,18-17?. The maximum Gasteiger partial charge on any atom is 0.266 e. The Bertz CT molecular complexity index is 660. The lowest BCUT2D eigenvalue weighted by molar-refractivity contribution is -0.121. The Morgan fingerprint density at radius 3 is 2.59 bits per heavy atom. The molecule has 3 rings (SSSR count). The van der Waals surface area contributed by atoms with Crippen molar-refractivity contribution in [1.29, 1.82) is 0 Å². The van der Waals surface area contributed by atoms with Gasteiger partial charge in [0.25, 0.3) is 5.91 Å². The molecule has 2 aliphatic rings. The third kappa shape index (κ3) is 2.77. The minimum absolute atomic E-state index is 0.0219. The molecule has 0 N–H and O–H groups in total. The zero-order chi connectivity index (χ0) is 15.7. The van der Waals surface area contributed by atoms with Gasteiger partial charge in [-0.1, -0.05) is 6.07 Å². The number of carbonyl (C=O) groups excluding carboxylic acids is 1. The van der Waals surface area contributed by atoms with Gasteiger partial charge >= 0.3 is 0 Å². The van der Waals surface area contributed by atoms with Crippen LogP contribution in [0.5, 0.6) is 0 Å². The van der Waals surface area contributed by atoms with Crippen LogP contribution >= 0.6 is 11.8 Å². The summed E-state index contributed by atoms with van der Waals surface area (Å²) in [7, 11) is 3.48. The van der Waals surface area contributed by atoms with Crippen LogP contribution < -0.4 is 4.90 Å². The normalized spacial score (nSPS) is 22.4. The second kappa shape index (κ2) is 6.16. The van der Waals surface area contributed by atoms with Crippen LogP contribution in [0.3, 0.4) is 0 Å². The van der Waals surface area contributed by atoms with Crippen molar-refractivity contribution in [3.05, 3.63) is 34.2 Å². The van der Waals surface area contributed by atoms with Crippen LogP contribution in [-0.4, -0.2) is 43.2 Å². The largest absolute Gasteiger partial charge is 0.372 e. The second-order valence-electron chi connectivity index (χ2n) is 5.72. The number of nitrogens with zero attached hydrogens (tertiary/aromatic N) is 3. The van der Waals surface area contributed by atoms with E-state index in [0.29, 0.717) is 0 Å². The van der Waals surface area contributed by atoms with E-state index in [1.165, 1.54) is 35.9 Å². The van der Waals surface area contributed by atoms with E-state index in [1.54, 1.807) is 19.0 Å². The number of rotatable bonds is 2. The third-order valence-corrected chi connectivity index (χ3v) is 5.36. The number of aryl methyl sites for hydroxylation is 1. The second-order valence-corrected chi connectivity index (χ2v) is 6.73. The molecule has 4 nitrogen and oxygen atoms in total. The first-order chi connectivity index (χ1) is 10.6. The lowest BCUT2D eigenvalue weighted by Crippen LogP contribution is -2.23. The van der Waals surface area contributed by atoms with Crippen molar-refractivity contribution in [2.24, 2.45) is 4.99 Å². The SMILES string of the molecule is CN=C1S/C(=C\c2ccc(N3CCCC3)cc2C)C(=O)N1C. The number of hydrogen-bond acceptors (Lipinski definition) is 4. The molecular weight excluding hydrogens is 294 g/mol. The van der Waals surface area contributed by atoms with Gasteiger partial charge in [0.15, 0.2) is 5.17 Å². The molecule has 1 aromatic rings. The monoisotopic (exact) mass is 315 g/mol. The number of thioether (sulfide) groups is 1. The maximum absolute atomic E-state index is 12.2. The highest BCUT2D eigenvalue weighted by Gasteiger charge is 2.29. The molecule has 0 aromatic heterocycles. The molecule has 1 aromatic carbocycles. The summed E-state index contributed by atoms with van der Waals surface area (Å²) < 4.78 is 0. The number of hydrogen-bond donors (Lipinski definition) is 0. The van der Waals surface area contributed by atoms with Crippen LogP contribution in [0.25, 0.3) is 6.08 Å². The highest BCUT2D eigenvalue weighted by molar-refractivity contribution is 8.18. The maximum atomic E-state index is 12.2. The van der Waals surface area contributed by atoms with Gasteiger partial charge in [0.05, 0.1) is 4.91 Å². The average Bonchev–Trinajstić information content (AvgIpc) is 3.13. The van der Waals surface area contributed by atoms with Crippen molar-refractivity contribution in [2.45, 2.75) is 19.8 Å². The number of likely N-dealkylation sites (N-methyl/N-ethyl adjacent to an activating group) is 1. The van der Waals surface area contributed by atoms with Crippen LogP contribution in [0.2, 0.25) is 0 Å². The van der Waals surface area contributed by atoms with E-state index >= 15 is 0 Å². The summed E-state index contributed by atoms with van der Waals surface area (Å²) in [5, 5.41) is 0.752. The van der Waals surface area contributed by atoms with Gasteiger partial charge in [0.1, 0.15) is 0 Å². The Labute approximate surface area is 135 Å². The summed E-state index contributed by atoms with van der Waals surface area (Å²) in [4.78, 5) is 21.1. The summed E-state index contributed by atoms with van der Waals surface area (Å²) in [6.45, 7) is 4.40. The Balaban J connectivity index is 1.86. The molecule has 0 saturated carbocycles. The summed E-state index contributed by atoms with van der Waals surface area (Å²) >= 11 is 1.44. The molecule has 2 fully saturated rings. The molecule has 0 unspecified atom stereocenters. The van der Waals surface area contributed by atoms with Crippen molar-refractivity contribution >= 4 is 34.6 Å². The van der Waals surface area contributed by atoms with Crippen molar-refractivity contribution < 1.29 is 4.79 Å². The lowest BCUT2D eigenvalue weighted by atomic mass is 10.1. The average molecular weight is 315 g/mol. The van der Waals surface area contributed by atoms with Crippen LogP contribution in [0, 0.1) is 6.92 Å². The van der Waals surface area contributed by atoms with Gasteiger partial charge < -0.3 is 4.90 Å². The molecule has 0 atom stereocenters. The van der Waals surface area contributed by atoms with E-state index in [-0.39, 0.29) is 5.91 Å². The van der Waals surface area contributed by atoms with Gasteiger partial charge in [-0.2, -0.15) is 0 Å². The Morgan fingerprint density at radius 1 is 1.27 bits per heavy atom. The van der Waals surface area contributed by atoms with Crippen molar-refractivity contribution in [2.75, 3.05) is 32.1 Å². The lowest BCUT2D eigenvalue weighted by Gasteiger charge is -2.18. The molecule has 2 heterocycles. The quantitative estimate of drug-likeness (QED) is 0.787. The first-order valence-corrected chi connectivity index (χ1v) is 8.42. The molecule has 0 bridgehead atoms. The van der Waals surface area contributed by atoms with Crippen LogP contribution in [0.15, 0.2) is 28.1 Å². The number of benzene rings is 1. The predicted octanol–water partition coefficient (Wildman–Crippen LogP) is 3.13. The van der Waals surface area contributed by atoms with E-state index < -0.39 is 0 Å². The van der Waals surface area contributed by atoms with E-state index in [2.05, 4.69) is 35.0 Å². The van der Waals surface area contributed by atoms with Crippen LogP contribution in [0.1, 0.15) is 24.0 Å². The number of carbonyl (C=O) groups is 1. The van der Waals surface area contributed by atoms with Gasteiger partial charge in [-0.3, -0.25) is 14.7 Å². The van der Waals surface area contributed by atoms with Gasteiger partial charge in [-0.25, -0.2) is 0 Å². The molecule has 2 saturated heterocycles. The fraction of sp³-hybridized carbons (Fsp3) is 0.412. The molecule has 1 amide bonds. The Morgan fingerprint density at radius 2 is 2.00 bits per heavy atom. The highest BCUT2D eigenvalue weighted by atomic mass is 32.2. The Kier molecular flexibility index (Phi) is 4.25. The minimum Gasteiger partial charge on any atom is -0.372 e. The molecule has 2 aliphatic heterocycles. The predicted molar refractivity (Wildman–Crippen MR) is 94.3 cm³/mol. The molecule has 116 valence electrons. The zero-order valence-corrected chi connectivity index (χ0v) is 14.1. The van der Waals surface area contributed by atoms with Crippen LogP contribution in [-0.2, 0) is 4.79 Å². The van der Waals surface area contributed by atoms with Crippen molar-refractivity contribution in [1.82, 2.24) is 4.90 Å². The first-order valence-electron chi connectivity index (χ1n) is 7.60. The van der Waals surface area contributed by atoms with Gasteiger partial charge in [0, 0.05) is 32.9 Å². The topological polar surface area (TPSA) is 35.9 Å². The smallest absolute Gasteiger partial charge is 0.266 e. The van der Waals surface area contributed by atoms with Gasteiger partial charge in [-0.15, -0.1) is 0 Å². The van der Waals surface area contributed by atoms with E-state index in [9.17, 15) is 4.79 Å². The van der Waals surface area contributed by atoms with Crippen molar-refractivity contribution in [3.63, 3.8) is 0 Å². The van der Waals surface area contributed by atoms with Gasteiger partial charge in [0.2, 0.25) is 0 Å². The summed E-state index contributed by atoms with van der Waals surface area (Å²) in [5.74, 6) is 0.0219. The van der Waals surface area contributed by atoms with E-state index in [4.69, 9.17) is 0 Å². The Hall–Kier alpha value is -1.75. The van der Waals surface area contributed by atoms with E-state index in [1.807, 2.05) is 6.08 Å². The van der Waals surface area contributed by atoms with E-state index in [0.717, 1.165) is 28.7 Å². The number of amides is 1. The number of amidine groups is 1. The summed E-state index contributed by atoms with van der Waals surface area (Å²) in [6.07, 6.45) is 4.54. The molecule has 0 aliphatic carbocycles. The fourth-order valence-electron chi connectivity index (χ4n) is 2.88. The third-order valence-electron chi connectivity index (χ3n) is 4.21. The minimum atomic E-state index is 0.0219. The first kappa shape index (κ1) is 15.2.